The molecule has 0 saturated heterocycles. The highest BCUT2D eigenvalue weighted by molar-refractivity contribution is 7.92. The summed E-state index contributed by atoms with van der Waals surface area (Å²) < 4.78 is 25.3. The molecule has 0 spiro atoms. The molecule has 2 rings (SSSR count). The third-order valence-corrected chi connectivity index (χ3v) is 5.52. The number of amides is 1. The average molecular weight is 395 g/mol. The summed E-state index contributed by atoms with van der Waals surface area (Å²) in [5.41, 5.74) is 3.49. The van der Waals surface area contributed by atoms with Gasteiger partial charge in [0.25, 0.3) is 0 Å². The molecule has 26 heavy (non-hydrogen) atoms. The van der Waals surface area contributed by atoms with Crippen LogP contribution in [0.3, 0.4) is 0 Å². The first kappa shape index (κ1) is 20.3. The number of carbonyl (C=O) groups is 1. The minimum absolute atomic E-state index is 0.240. The van der Waals surface area contributed by atoms with Crippen LogP contribution < -0.4 is 9.62 Å². The lowest BCUT2D eigenvalue weighted by Crippen LogP contribution is -2.41. The third-order valence-electron chi connectivity index (χ3n) is 4.08. The second kappa shape index (κ2) is 8.10. The predicted molar refractivity (Wildman–Crippen MR) is 106 cm³/mol. The molecule has 0 fully saturated rings. The molecule has 0 bridgehead atoms. The van der Waals surface area contributed by atoms with Crippen LogP contribution in [0.25, 0.3) is 0 Å². The molecule has 1 atom stereocenters. The van der Waals surface area contributed by atoms with Crippen LogP contribution in [0.2, 0.25) is 5.02 Å². The van der Waals surface area contributed by atoms with Crippen molar-refractivity contribution >= 4 is 33.2 Å². The largest absolute Gasteiger partial charge is 0.348 e. The zero-order valence-corrected chi connectivity index (χ0v) is 16.9. The summed E-state index contributed by atoms with van der Waals surface area (Å²) in [5.74, 6) is -0.400. The van der Waals surface area contributed by atoms with Crippen LogP contribution in [0, 0.1) is 13.8 Å². The fourth-order valence-electron chi connectivity index (χ4n) is 2.84. The third kappa shape index (κ3) is 4.99. The van der Waals surface area contributed by atoms with Gasteiger partial charge >= 0.3 is 0 Å². The second-order valence-electron chi connectivity index (χ2n) is 6.37. The van der Waals surface area contributed by atoms with Gasteiger partial charge in [-0.05, 0) is 44.0 Å². The summed E-state index contributed by atoms with van der Waals surface area (Å²) >= 11 is 6.11. The number of anilines is 1. The first-order valence-corrected chi connectivity index (χ1v) is 10.4. The monoisotopic (exact) mass is 394 g/mol. The van der Waals surface area contributed by atoms with Crippen molar-refractivity contribution in [3.63, 3.8) is 0 Å². The zero-order valence-electron chi connectivity index (χ0n) is 15.3. The van der Waals surface area contributed by atoms with E-state index in [1.165, 1.54) is 0 Å². The molecule has 0 aliphatic heterocycles. The van der Waals surface area contributed by atoms with Gasteiger partial charge in [0.2, 0.25) is 15.9 Å². The molecule has 1 N–H and O–H groups in total. The van der Waals surface area contributed by atoms with E-state index in [0.717, 1.165) is 27.3 Å². The van der Waals surface area contributed by atoms with E-state index >= 15 is 0 Å². The minimum atomic E-state index is -3.66. The first-order chi connectivity index (χ1) is 12.1. The maximum absolute atomic E-state index is 12.5. The molecule has 7 heteroatoms. The van der Waals surface area contributed by atoms with Gasteiger partial charge in [0.05, 0.1) is 23.0 Å². The Bertz CT molecular complexity index is 913. The van der Waals surface area contributed by atoms with Crippen LogP contribution >= 0.6 is 11.6 Å². The lowest BCUT2D eigenvalue weighted by molar-refractivity contribution is -0.120. The summed E-state index contributed by atoms with van der Waals surface area (Å²) in [6.45, 7) is 5.53. The van der Waals surface area contributed by atoms with E-state index < -0.39 is 15.9 Å². The Labute approximate surface area is 160 Å². The number of nitrogens with one attached hydrogen (secondary N) is 1. The number of halogens is 1. The number of aryl methyl sites for hydroxylation is 2. The molecule has 2 aromatic carbocycles. The summed E-state index contributed by atoms with van der Waals surface area (Å²) in [7, 11) is -3.66. The van der Waals surface area contributed by atoms with Crippen LogP contribution in [-0.4, -0.2) is 27.1 Å². The van der Waals surface area contributed by atoms with Gasteiger partial charge in [-0.25, -0.2) is 8.42 Å². The van der Waals surface area contributed by atoms with Crippen LogP contribution in [0.15, 0.2) is 42.5 Å². The number of carbonyl (C=O) groups excluding carboxylic acids is 1. The second-order valence-corrected chi connectivity index (χ2v) is 8.68. The van der Waals surface area contributed by atoms with E-state index in [1.54, 1.807) is 24.3 Å². The molecule has 5 nitrogen and oxygen atoms in total. The molecule has 140 valence electrons. The molecule has 2 aromatic rings. The van der Waals surface area contributed by atoms with Crippen molar-refractivity contribution in [3.05, 3.63) is 64.2 Å². The van der Waals surface area contributed by atoms with Crippen molar-refractivity contribution in [1.82, 2.24) is 5.32 Å². The van der Waals surface area contributed by atoms with Crippen molar-refractivity contribution < 1.29 is 13.2 Å². The highest BCUT2D eigenvalue weighted by Gasteiger charge is 2.23. The van der Waals surface area contributed by atoms with E-state index in [4.69, 9.17) is 11.6 Å². The van der Waals surface area contributed by atoms with Crippen molar-refractivity contribution in [3.8, 4) is 0 Å². The van der Waals surface area contributed by atoms with E-state index in [1.807, 2.05) is 39.0 Å². The lowest BCUT2D eigenvalue weighted by atomic mass is 10.0. The molecule has 0 saturated carbocycles. The van der Waals surface area contributed by atoms with Crippen molar-refractivity contribution in [1.29, 1.82) is 0 Å². The number of benzene rings is 2. The van der Waals surface area contributed by atoms with Crippen LogP contribution in [0.1, 0.15) is 29.7 Å². The molecule has 0 aliphatic carbocycles. The predicted octanol–water partition coefficient (Wildman–Crippen LogP) is 3.60. The highest BCUT2D eigenvalue weighted by Crippen LogP contribution is 2.27. The van der Waals surface area contributed by atoms with Crippen molar-refractivity contribution in [2.24, 2.45) is 0 Å². The SMILES string of the molecule is Cc1ccc([C@H](C)NC(=O)CN(c2ccccc2Cl)S(C)(=O)=O)c(C)c1. The quantitative estimate of drug-likeness (QED) is 0.813. The van der Waals surface area contributed by atoms with E-state index in [2.05, 4.69) is 5.32 Å². The Morgan fingerprint density at radius 2 is 1.85 bits per heavy atom. The van der Waals surface area contributed by atoms with Gasteiger partial charge < -0.3 is 5.32 Å². The summed E-state index contributed by atoms with van der Waals surface area (Å²) in [5, 5.41) is 3.13. The molecular formula is C19H23ClN2O3S. The van der Waals surface area contributed by atoms with Gasteiger partial charge in [-0.2, -0.15) is 0 Å². The average Bonchev–Trinajstić information content (AvgIpc) is 2.52. The van der Waals surface area contributed by atoms with Gasteiger partial charge in [0.15, 0.2) is 0 Å². The smallest absolute Gasteiger partial charge is 0.241 e. The van der Waals surface area contributed by atoms with Gasteiger partial charge in [0.1, 0.15) is 6.54 Å². The van der Waals surface area contributed by atoms with Gasteiger partial charge in [-0.3, -0.25) is 9.10 Å². The fraction of sp³-hybridized carbons (Fsp3) is 0.316. The Balaban J connectivity index is 2.19. The molecule has 0 aliphatic rings. The number of para-hydroxylation sites is 1. The summed E-state index contributed by atoms with van der Waals surface area (Å²) in [4.78, 5) is 12.5. The standard InChI is InChI=1S/C19H23ClN2O3S/c1-13-9-10-16(14(2)11-13)15(3)21-19(23)12-22(26(4,24)25)18-8-6-5-7-17(18)20/h5-11,15H,12H2,1-4H3,(H,21,23)/t15-/m0/s1. The van der Waals surface area contributed by atoms with E-state index in [-0.39, 0.29) is 23.3 Å². The van der Waals surface area contributed by atoms with Gasteiger partial charge in [0, 0.05) is 0 Å². The number of rotatable bonds is 6. The molecular weight excluding hydrogens is 372 g/mol. The van der Waals surface area contributed by atoms with Crippen molar-refractivity contribution in [2.75, 3.05) is 17.1 Å². The fourth-order valence-corrected chi connectivity index (χ4v) is 4.00. The Hall–Kier alpha value is -2.05. The first-order valence-electron chi connectivity index (χ1n) is 8.18. The zero-order chi connectivity index (χ0) is 19.5. The van der Waals surface area contributed by atoms with Gasteiger partial charge in [-0.15, -0.1) is 0 Å². The number of hydrogen-bond donors (Lipinski definition) is 1. The van der Waals surface area contributed by atoms with Crippen LogP contribution in [0.5, 0.6) is 0 Å². The Morgan fingerprint density at radius 1 is 1.19 bits per heavy atom. The maximum atomic E-state index is 12.5. The molecule has 0 aromatic heterocycles. The van der Waals surface area contributed by atoms with E-state index in [9.17, 15) is 13.2 Å². The Morgan fingerprint density at radius 3 is 2.42 bits per heavy atom. The number of hydrogen-bond acceptors (Lipinski definition) is 3. The summed E-state index contributed by atoms with van der Waals surface area (Å²) in [6.07, 6.45) is 1.05. The van der Waals surface area contributed by atoms with Crippen molar-refractivity contribution in [2.45, 2.75) is 26.8 Å². The Kier molecular flexibility index (Phi) is 6.31. The molecule has 0 heterocycles. The normalized spacial score (nSPS) is 12.5. The lowest BCUT2D eigenvalue weighted by Gasteiger charge is -2.24. The van der Waals surface area contributed by atoms with E-state index in [0.29, 0.717) is 0 Å². The maximum Gasteiger partial charge on any atom is 0.241 e. The van der Waals surface area contributed by atoms with Crippen LogP contribution in [-0.2, 0) is 14.8 Å². The topological polar surface area (TPSA) is 66.5 Å². The number of nitrogens with zero attached hydrogens (tertiary/aromatic N) is 1. The van der Waals surface area contributed by atoms with Gasteiger partial charge in [-0.1, -0.05) is 47.5 Å². The van der Waals surface area contributed by atoms with Crippen LogP contribution in [0.4, 0.5) is 5.69 Å². The highest BCUT2D eigenvalue weighted by atomic mass is 35.5. The molecule has 1 amide bonds. The summed E-state index contributed by atoms with van der Waals surface area (Å²) in [6, 6.07) is 12.3. The minimum Gasteiger partial charge on any atom is -0.348 e. The molecule has 0 radical (unpaired) electrons. The molecule has 0 unspecified atom stereocenters. The number of sulfonamides is 1.